The molecule has 1 N–H and O–H groups in total. The predicted molar refractivity (Wildman–Crippen MR) is 152 cm³/mol. The van der Waals surface area contributed by atoms with Crippen molar-refractivity contribution in [2.24, 2.45) is 5.92 Å². The van der Waals surface area contributed by atoms with Crippen LogP contribution in [0.3, 0.4) is 0 Å². The molecule has 4 heterocycles. The number of piperidine rings is 1. The van der Waals surface area contributed by atoms with Gasteiger partial charge < -0.3 is 19.3 Å². The van der Waals surface area contributed by atoms with Crippen LogP contribution in [0.4, 0.5) is 0 Å². The van der Waals surface area contributed by atoms with E-state index in [-0.39, 0.29) is 12.5 Å². The van der Waals surface area contributed by atoms with Crippen molar-refractivity contribution in [3.63, 3.8) is 0 Å². The monoisotopic (exact) mass is 538 g/mol. The van der Waals surface area contributed by atoms with Crippen molar-refractivity contribution in [2.75, 3.05) is 26.2 Å². The summed E-state index contributed by atoms with van der Waals surface area (Å²) in [5, 5.41) is 10.2. The molecule has 206 valence electrons. The Labute approximate surface area is 233 Å². The van der Waals surface area contributed by atoms with Crippen LogP contribution in [0.5, 0.6) is 11.5 Å². The van der Waals surface area contributed by atoms with E-state index in [9.17, 15) is 9.59 Å². The molecule has 0 atom stereocenters. The normalized spacial score (nSPS) is 16.1. The van der Waals surface area contributed by atoms with Gasteiger partial charge in [0.1, 0.15) is 17.1 Å². The Balaban J connectivity index is 1.16. The lowest BCUT2D eigenvalue weighted by Gasteiger charge is -2.33. The van der Waals surface area contributed by atoms with Crippen molar-refractivity contribution in [2.45, 2.75) is 38.8 Å². The maximum atomic E-state index is 13.4. The molecule has 0 radical (unpaired) electrons. The Bertz CT molecular complexity index is 1490. The number of hydrogen-bond donors (Lipinski definition) is 1. The summed E-state index contributed by atoms with van der Waals surface area (Å²) in [6.07, 6.45) is 4.91. The summed E-state index contributed by atoms with van der Waals surface area (Å²) >= 11 is 0. The number of aliphatic carboxylic acids is 1. The number of carboxylic acid groups (broad SMARTS) is 1. The number of para-hydroxylation sites is 1. The zero-order valence-electron chi connectivity index (χ0n) is 22.5. The molecule has 2 aromatic carbocycles. The number of amides is 1. The minimum Gasteiger partial charge on any atom is -0.480 e. The van der Waals surface area contributed by atoms with Crippen LogP contribution in [-0.4, -0.2) is 62.5 Å². The highest BCUT2D eigenvalue weighted by atomic mass is 16.5. The molecule has 0 bridgehead atoms. The summed E-state index contributed by atoms with van der Waals surface area (Å²) < 4.78 is 8.23. The number of rotatable bonds is 8. The first-order valence-electron chi connectivity index (χ1n) is 14.0. The number of carbonyl (C=O) groups excluding carboxylic acids is 1. The number of nitrogens with zero attached hydrogens (tertiary/aromatic N) is 4. The van der Waals surface area contributed by atoms with Gasteiger partial charge in [-0.2, -0.15) is 0 Å². The molecule has 40 heavy (non-hydrogen) atoms. The number of fused-ring (bicyclic) bond motifs is 3. The number of pyridine rings is 1. The van der Waals surface area contributed by atoms with Crippen molar-refractivity contribution >= 4 is 22.9 Å². The molecule has 0 spiro atoms. The minimum absolute atomic E-state index is 0.0803. The highest BCUT2D eigenvalue weighted by molar-refractivity contribution is 5.84. The Morgan fingerprint density at radius 1 is 0.925 bits per heavy atom. The number of hydrogen-bond acceptors (Lipinski definition) is 5. The second-order valence-corrected chi connectivity index (χ2v) is 10.8. The Morgan fingerprint density at radius 2 is 1.68 bits per heavy atom. The zero-order valence-corrected chi connectivity index (χ0v) is 22.5. The first-order chi connectivity index (χ1) is 19.5. The molecular formula is C32H34N4O4. The molecule has 0 unspecified atom stereocenters. The minimum atomic E-state index is -0.792. The topological polar surface area (TPSA) is 87.9 Å². The fraction of sp³-hybridized carbons (Fsp3) is 0.344. The summed E-state index contributed by atoms with van der Waals surface area (Å²) in [5.41, 5.74) is 4.55. The van der Waals surface area contributed by atoms with Crippen molar-refractivity contribution in [1.82, 2.24) is 19.4 Å². The van der Waals surface area contributed by atoms with Crippen molar-refractivity contribution in [1.29, 1.82) is 0 Å². The molecule has 4 aromatic rings. The van der Waals surface area contributed by atoms with Gasteiger partial charge in [0.25, 0.3) is 0 Å². The van der Waals surface area contributed by atoms with E-state index in [2.05, 4.69) is 22.8 Å². The molecule has 2 aliphatic rings. The van der Waals surface area contributed by atoms with Gasteiger partial charge in [0.15, 0.2) is 0 Å². The SMILES string of the molecule is O=C(O)CN1CCC(CC(=O)N2CCc3c(n(Cc4ccc(Oc5ccccc5)cc4)c4ncccc34)C2)CC1. The zero-order chi connectivity index (χ0) is 27.5. The molecule has 1 amide bonds. The standard InChI is InChI=1S/C32H34N4O4/c37-30(19-23-12-16-34(17-13-23)22-31(38)39)35-18-14-27-28-7-4-15-33-32(28)36(29(27)21-35)20-24-8-10-26(11-9-24)40-25-5-2-1-3-6-25/h1-11,15,23H,12-14,16-22H2,(H,38,39). The third kappa shape index (κ3) is 5.72. The van der Waals surface area contributed by atoms with E-state index in [1.165, 1.54) is 10.9 Å². The van der Waals surface area contributed by atoms with E-state index in [0.29, 0.717) is 32.0 Å². The number of ether oxygens (including phenoxy) is 1. The molecule has 8 nitrogen and oxygen atoms in total. The average Bonchev–Trinajstić information content (AvgIpc) is 3.28. The molecule has 0 saturated carbocycles. The average molecular weight is 539 g/mol. The number of carbonyl (C=O) groups is 2. The van der Waals surface area contributed by atoms with Crippen LogP contribution in [0.25, 0.3) is 11.0 Å². The number of carboxylic acids is 1. The number of likely N-dealkylation sites (tertiary alicyclic amines) is 1. The Morgan fingerprint density at radius 3 is 2.42 bits per heavy atom. The van der Waals surface area contributed by atoms with Crippen molar-refractivity contribution in [3.05, 3.63) is 89.7 Å². The van der Waals surface area contributed by atoms with E-state index in [1.807, 2.05) is 64.5 Å². The van der Waals surface area contributed by atoms with Crippen molar-refractivity contribution in [3.8, 4) is 11.5 Å². The molecule has 6 rings (SSSR count). The summed E-state index contributed by atoms with van der Waals surface area (Å²) in [7, 11) is 0. The summed E-state index contributed by atoms with van der Waals surface area (Å²) in [6.45, 7) is 3.52. The summed E-state index contributed by atoms with van der Waals surface area (Å²) in [4.78, 5) is 33.1. The van der Waals surface area contributed by atoms with Gasteiger partial charge in [-0.25, -0.2) is 4.98 Å². The lowest BCUT2D eigenvalue weighted by molar-refractivity contribution is -0.139. The Kier molecular flexibility index (Phi) is 7.51. The van der Waals surface area contributed by atoms with Crippen LogP contribution in [0.15, 0.2) is 72.9 Å². The largest absolute Gasteiger partial charge is 0.480 e. The van der Waals surface area contributed by atoms with Gasteiger partial charge in [-0.3, -0.25) is 14.5 Å². The van der Waals surface area contributed by atoms with E-state index in [0.717, 1.165) is 60.8 Å². The summed E-state index contributed by atoms with van der Waals surface area (Å²) in [6, 6.07) is 22.0. The number of benzene rings is 2. The fourth-order valence-corrected chi connectivity index (χ4v) is 6.03. The quantitative estimate of drug-likeness (QED) is 0.342. The first kappa shape index (κ1) is 26.1. The smallest absolute Gasteiger partial charge is 0.317 e. The lowest BCUT2D eigenvalue weighted by atomic mass is 9.92. The molecule has 2 aromatic heterocycles. The van der Waals surface area contributed by atoms with Gasteiger partial charge in [0, 0.05) is 36.8 Å². The van der Waals surface area contributed by atoms with E-state index >= 15 is 0 Å². The van der Waals surface area contributed by atoms with Gasteiger partial charge in [-0.15, -0.1) is 0 Å². The van der Waals surface area contributed by atoms with Gasteiger partial charge >= 0.3 is 5.97 Å². The number of aromatic nitrogens is 2. The van der Waals surface area contributed by atoms with Crippen molar-refractivity contribution < 1.29 is 19.4 Å². The predicted octanol–water partition coefficient (Wildman–Crippen LogP) is 4.95. The first-order valence-corrected chi connectivity index (χ1v) is 14.0. The van der Waals surface area contributed by atoms with Gasteiger partial charge in [-0.1, -0.05) is 30.3 Å². The van der Waals surface area contributed by atoms with Gasteiger partial charge in [0.2, 0.25) is 5.91 Å². The van der Waals surface area contributed by atoms with Gasteiger partial charge in [0.05, 0.1) is 13.1 Å². The van der Waals surface area contributed by atoms with Crippen LogP contribution < -0.4 is 4.74 Å². The molecule has 0 aliphatic carbocycles. The molecular weight excluding hydrogens is 504 g/mol. The van der Waals surface area contributed by atoms with E-state index < -0.39 is 5.97 Å². The highest BCUT2D eigenvalue weighted by Crippen LogP contribution is 2.32. The molecule has 1 fully saturated rings. The molecule has 2 aliphatic heterocycles. The fourth-order valence-electron chi connectivity index (χ4n) is 6.03. The lowest BCUT2D eigenvalue weighted by Crippen LogP contribution is -2.41. The Hall–Kier alpha value is -4.17. The second-order valence-electron chi connectivity index (χ2n) is 10.8. The van der Waals surface area contributed by atoms with E-state index in [1.54, 1.807) is 0 Å². The summed E-state index contributed by atoms with van der Waals surface area (Å²) in [5.74, 6) is 1.30. The van der Waals surface area contributed by atoms with Gasteiger partial charge in [-0.05, 0) is 85.8 Å². The van der Waals surface area contributed by atoms with Crippen LogP contribution in [0.1, 0.15) is 36.1 Å². The van der Waals surface area contributed by atoms with Crippen LogP contribution in [0.2, 0.25) is 0 Å². The van der Waals surface area contributed by atoms with Crippen LogP contribution >= 0.6 is 0 Å². The third-order valence-corrected chi connectivity index (χ3v) is 8.14. The molecule has 1 saturated heterocycles. The van der Waals surface area contributed by atoms with Crippen LogP contribution in [0, 0.1) is 5.92 Å². The second kappa shape index (κ2) is 11.5. The van der Waals surface area contributed by atoms with E-state index in [4.69, 9.17) is 14.8 Å². The maximum absolute atomic E-state index is 13.4. The third-order valence-electron chi connectivity index (χ3n) is 8.14. The molecule has 8 heteroatoms. The maximum Gasteiger partial charge on any atom is 0.317 e. The van der Waals surface area contributed by atoms with Crippen LogP contribution in [-0.2, 0) is 29.1 Å². The highest BCUT2D eigenvalue weighted by Gasteiger charge is 2.29.